The SMILES string of the molecule is O=S1(=O)C[C@@H](O)C2C1[C@@H]1C=C[C@H]2C1. The molecule has 1 heterocycles. The molecule has 1 aliphatic heterocycles. The minimum absolute atomic E-state index is 0.000000000000000444. The molecule has 1 N–H and O–H groups in total. The fourth-order valence-electron chi connectivity index (χ4n) is 3.29. The third-order valence-electron chi connectivity index (χ3n) is 3.71. The quantitative estimate of drug-likeness (QED) is 0.558. The monoisotopic (exact) mass is 200 g/mol. The Morgan fingerprint density at radius 1 is 1.23 bits per heavy atom. The summed E-state index contributed by atoms with van der Waals surface area (Å²) in [4.78, 5) is 0. The van der Waals surface area contributed by atoms with E-state index in [1.165, 1.54) is 0 Å². The summed E-state index contributed by atoms with van der Waals surface area (Å²) in [5.74, 6) is 0.497. The van der Waals surface area contributed by atoms with Crippen molar-refractivity contribution >= 4 is 9.84 Å². The van der Waals surface area contributed by atoms with Gasteiger partial charge in [0.1, 0.15) is 0 Å². The van der Waals surface area contributed by atoms with Gasteiger partial charge in [-0.25, -0.2) is 8.42 Å². The second-order valence-corrected chi connectivity index (χ2v) is 6.59. The highest BCUT2D eigenvalue weighted by Crippen LogP contribution is 2.52. The van der Waals surface area contributed by atoms with Crippen molar-refractivity contribution in [2.24, 2.45) is 17.8 Å². The van der Waals surface area contributed by atoms with Crippen molar-refractivity contribution in [3.63, 3.8) is 0 Å². The molecule has 1 saturated heterocycles. The van der Waals surface area contributed by atoms with Crippen LogP contribution in [-0.4, -0.2) is 30.6 Å². The zero-order chi connectivity index (χ0) is 9.22. The third kappa shape index (κ3) is 0.854. The van der Waals surface area contributed by atoms with Crippen molar-refractivity contribution < 1.29 is 13.5 Å². The van der Waals surface area contributed by atoms with E-state index in [0.717, 1.165) is 6.42 Å². The molecule has 1 saturated carbocycles. The van der Waals surface area contributed by atoms with Crippen LogP contribution < -0.4 is 0 Å². The molecule has 0 spiro atoms. The van der Waals surface area contributed by atoms with Crippen molar-refractivity contribution in [1.82, 2.24) is 0 Å². The van der Waals surface area contributed by atoms with E-state index in [9.17, 15) is 13.5 Å². The van der Waals surface area contributed by atoms with Crippen LogP contribution in [-0.2, 0) is 9.84 Å². The Balaban J connectivity index is 2.12. The van der Waals surface area contributed by atoms with E-state index >= 15 is 0 Å². The van der Waals surface area contributed by atoms with Gasteiger partial charge < -0.3 is 5.11 Å². The van der Waals surface area contributed by atoms with Gasteiger partial charge in [0.05, 0.1) is 17.1 Å². The first-order chi connectivity index (χ1) is 6.09. The standard InChI is InChI=1S/C9H12O3S/c10-7-4-13(11,12)9-6-2-1-5(3-6)8(7)9/h1-2,5-10H,3-4H2/t5-,6+,7+,8?,9?/m0/s1. The summed E-state index contributed by atoms with van der Waals surface area (Å²) in [6, 6.07) is 0. The van der Waals surface area contributed by atoms with E-state index in [0.29, 0.717) is 5.92 Å². The van der Waals surface area contributed by atoms with Crippen LogP contribution in [0.3, 0.4) is 0 Å². The molecule has 2 aliphatic carbocycles. The normalized spacial score (nSPS) is 55.6. The minimum Gasteiger partial charge on any atom is -0.392 e. The van der Waals surface area contributed by atoms with Gasteiger partial charge in [0.25, 0.3) is 0 Å². The molecule has 5 atom stereocenters. The van der Waals surface area contributed by atoms with Gasteiger partial charge >= 0.3 is 0 Å². The van der Waals surface area contributed by atoms with Crippen LogP contribution in [0.4, 0.5) is 0 Å². The van der Waals surface area contributed by atoms with E-state index in [1.54, 1.807) is 0 Å². The summed E-state index contributed by atoms with van der Waals surface area (Å²) in [5, 5.41) is 9.38. The van der Waals surface area contributed by atoms with Crippen LogP contribution >= 0.6 is 0 Å². The topological polar surface area (TPSA) is 54.4 Å². The van der Waals surface area contributed by atoms with Gasteiger partial charge in [-0.1, -0.05) is 12.2 Å². The van der Waals surface area contributed by atoms with Gasteiger partial charge in [-0.3, -0.25) is 0 Å². The lowest BCUT2D eigenvalue weighted by Gasteiger charge is -2.20. The Kier molecular flexibility index (Phi) is 1.34. The first-order valence-corrected chi connectivity index (χ1v) is 6.39. The molecule has 0 aromatic rings. The van der Waals surface area contributed by atoms with Gasteiger partial charge in [-0.05, 0) is 18.3 Å². The number of rotatable bonds is 0. The third-order valence-corrected chi connectivity index (χ3v) is 6.01. The maximum Gasteiger partial charge on any atom is 0.156 e. The molecule has 0 radical (unpaired) electrons. The van der Waals surface area contributed by atoms with Crippen LogP contribution in [0.5, 0.6) is 0 Å². The summed E-state index contributed by atoms with van der Waals surface area (Å²) in [7, 11) is -3.01. The zero-order valence-corrected chi connectivity index (χ0v) is 7.94. The summed E-state index contributed by atoms with van der Waals surface area (Å²) in [6.07, 6.45) is 4.41. The molecular formula is C9H12O3S. The van der Waals surface area contributed by atoms with Crippen LogP contribution in [0.15, 0.2) is 12.2 Å². The molecule has 13 heavy (non-hydrogen) atoms. The smallest absolute Gasteiger partial charge is 0.156 e. The Morgan fingerprint density at radius 2 is 1.92 bits per heavy atom. The van der Waals surface area contributed by atoms with Gasteiger partial charge in [0.15, 0.2) is 9.84 Å². The lowest BCUT2D eigenvalue weighted by molar-refractivity contribution is 0.127. The molecular weight excluding hydrogens is 188 g/mol. The first kappa shape index (κ1) is 8.00. The predicted octanol–water partition coefficient (Wildman–Crippen LogP) is -0.0336. The lowest BCUT2D eigenvalue weighted by Crippen LogP contribution is -2.29. The molecule has 0 aromatic heterocycles. The van der Waals surface area contributed by atoms with Crippen LogP contribution in [0, 0.1) is 17.8 Å². The minimum atomic E-state index is -3.01. The van der Waals surface area contributed by atoms with E-state index in [-0.39, 0.29) is 22.8 Å². The Hall–Kier alpha value is -0.350. The molecule has 3 rings (SSSR count). The molecule has 4 heteroatoms. The number of fused-ring (bicyclic) bond motifs is 5. The van der Waals surface area contributed by atoms with Crippen molar-refractivity contribution in [3.8, 4) is 0 Å². The first-order valence-electron chi connectivity index (χ1n) is 4.67. The second-order valence-electron chi connectivity index (χ2n) is 4.39. The van der Waals surface area contributed by atoms with Crippen molar-refractivity contribution in [2.75, 3.05) is 5.75 Å². The van der Waals surface area contributed by atoms with Gasteiger partial charge in [-0.2, -0.15) is 0 Å². The zero-order valence-electron chi connectivity index (χ0n) is 7.13. The summed E-state index contributed by atoms with van der Waals surface area (Å²) < 4.78 is 23.3. The highest BCUT2D eigenvalue weighted by atomic mass is 32.2. The molecule has 0 amide bonds. The van der Waals surface area contributed by atoms with E-state index in [4.69, 9.17) is 0 Å². The average molecular weight is 200 g/mol. The Morgan fingerprint density at radius 3 is 2.62 bits per heavy atom. The second kappa shape index (κ2) is 2.17. The summed E-state index contributed by atoms with van der Waals surface area (Å²) in [5.41, 5.74) is 0. The Bertz CT molecular complexity index is 370. The molecule has 2 unspecified atom stereocenters. The summed E-state index contributed by atoms with van der Waals surface area (Å²) >= 11 is 0. The van der Waals surface area contributed by atoms with E-state index in [1.807, 2.05) is 6.08 Å². The molecule has 0 aromatic carbocycles. The van der Waals surface area contributed by atoms with E-state index < -0.39 is 15.9 Å². The average Bonchev–Trinajstić information content (AvgIpc) is 2.63. The molecule has 2 fully saturated rings. The molecule has 72 valence electrons. The number of sulfone groups is 1. The highest BCUT2D eigenvalue weighted by molar-refractivity contribution is 7.92. The molecule has 2 bridgehead atoms. The maximum absolute atomic E-state index is 11.6. The number of aliphatic hydroxyl groups is 1. The summed E-state index contributed by atoms with van der Waals surface area (Å²) in [6.45, 7) is 0. The van der Waals surface area contributed by atoms with Crippen LogP contribution in [0.1, 0.15) is 6.42 Å². The molecule has 3 nitrogen and oxygen atoms in total. The van der Waals surface area contributed by atoms with E-state index in [2.05, 4.69) is 6.08 Å². The van der Waals surface area contributed by atoms with Crippen LogP contribution in [0.2, 0.25) is 0 Å². The number of hydrogen-bond acceptors (Lipinski definition) is 3. The predicted molar refractivity (Wildman–Crippen MR) is 47.8 cm³/mol. The van der Waals surface area contributed by atoms with Crippen molar-refractivity contribution in [3.05, 3.63) is 12.2 Å². The lowest BCUT2D eigenvalue weighted by atomic mass is 9.89. The molecule has 3 aliphatic rings. The number of aliphatic hydroxyl groups excluding tert-OH is 1. The number of allylic oxidation sites excluding steroid dienone is 2. The van der Waals surface area contributed by atoms with Gasteiger partial charge in [0, 0.05) is 5.92 Å². The maximum atomic E-state index is 11.6. The number of hydrogen-bond donors (Lipinski definition) is 1. The van der Waals surface area contributed by atoms with Crippen molar-refractivity contribution in [2.45, 2.75) is 17.8 Å². The Labute approximate surface area is 77.4 Å². The van der Waals surface area contributed by atoms with Crippen LogP contribution in [0.25, 0.3) is 0 Å². The van der Waals surface area contributed by atoms with Gasteiger partial charge in [0.2, 0.25) is 0 Å². The fraction of sp³-hybridized carbons (Fsp3) is 0.778. The highest BCUT2D eigenvalue weighted by Gasteiger charge is 2.58. The van der Waals surface area contributed by atoms with Gasteiger partial charge in [-0.15, -0.1) is 0 Å². The van der Waals surface area contributed by atoms with Crippen molar-refractivity contribution in [1.29, 1.82) is 0 Å². The largest absolute Gasteiger partial charge is 0.392 e. The fourth-order valence-corrected chi connectivity index (χ4v) is 5.80.